The van der Waals surface area contributed by atoms with Crippen molar-refractivity contribution in [2.45, 2.75) is 51.6 Å². The van der Waals surface area contributed by atoms with Crippen molar-refractivity contribution in [1.29, 1.82) is 0 Å². The number of benzene rings is 1. The molecule has 2 rings (SSSR count). The maximum atomic E-state index is 13.1. The van der Waals surface area contributed by atoms with E-state index in [2.05, 4.69) is 0 Å². The van der Waals surface area contributed by atoms with Gasteiger partial charge in [-0.2, -0.15) is 0 Å². The van der Waals surface area contributed by atoms with Crippen molar-refractivity contribution < 1.29 is 13.7 Å². The van der Waals surface area contributed by atoms with Gasteiger partial charge in [-0.25, -0.2) is 4.39 Å². The highest BCUT2D eigenvalue weighted by atomic mass is 19.1. The molecule has 0 aromatic heterocycles. The summed E-state index contributed by atoms with van der Waals surface area (Å²) in [6.45, 7) is 8.15. The summed E-state index contributed by atoms with van der Waals surface area (Å²) in [6, 6.07) is 6.67. The maximum Gasteiger partial charge on any atom is 0.458 e. The molecule has 0 N–H and O–H groups in total. The Morgan fingerprint density at radius 1 is 1.11 bits per heavy atom. The fourth-order valence-corrected chi connectivity index (χ4v) is 2.06. The summed E-state index contributed by atoms with van der Waals surface area (Å²) in [5, 5.41) is 0. The van der Waals surface area contributed by atoms with Crippen LogP contribution in [0, 0.1) is 5.82 Å². The molecule has 1 aliphatic heterocycles. The van der Waals surface area contributed by atoms with Gasteiger partial charge in [0.05, 0.1) is 11.2 Å². The lowest BCUT2D eigenvalue weighted by Crippen LogP contribution is -2.41. The smallest absolute Gasteiger partial charge is 0.403 e. The molecule has 0 radical (unpaired) electrons. The summed E-state index contributed by atoms with van der Waals surface area (Å²) in [7, 11) is -0.210. The van der Waals surface area contributed by atoms with Crippen LogP contribution >= 0.6 is 0 Å². The summed E-state index contributed by atoms with van der Waals surface area (Å²) >= 11 is 0. The van der Waals surface area contributed by atoms with Crippen molar-refractivity contribution in [2.24, 2.45) is 0 Å². The van der Waals surface area contributed by atoms with Gasteiger partial charge in [0.15, 0.2) is 0 Å². The third kappa shape index (κ3) is 2.75. The van der Waals surface area contributed by atoms with Gasteiger partial charge in [-0.15, -0.1) is 0 Å². The Morgan fingerprint density at radius 3 is 2.28 bits per heavy atom. The third-order valence-corrected chi connectivity index (χ3v) is 3.86. The van der Waals surface area contributed by atoms with Gasteiger partial charge in [0.1, 0.15) is 5.82 Å². The summed E-state index contributed by atoms with van der Waals surface area (Å²) in [5.74, 6) is -0.193. The van der Waals surface area contributed by atoms with Crippen LogP contribution in [0.2, 0.25) is 6.32 Å². The van der Waals surface area contributed by atoms with E-state index in [0.717, 1.165) is 18.3 Å². The number of halogens is 1. The lowest BCUT2D eigenvalue weighted by molar-refractivity contribution is 0.00578. The molecule has 1 aliphatic rings. The quantitative estimate of drug-likeness (QED) is 0.765. The molecule has 0 spiro atoms. The number of rotatable bonds is 3. The average molecular weight is 250 g/mol. The van der Waals surface area contributed by atoms with Crippen LogP contribution < -0.4 is 0 Å². The molecule has 1 heterocycles. The Bertz CT molecular complexity index is 416. The molecule has 4 heteroatoms. The minimum Gasteiger partial charge on any atom is -0.403 e. The Hall–Kier alpha value is -0.865. The van der Waals surface area contributed by atoms with Gasteiger partial charge in [0.25, 0.3) is 0 Å². The maximum absolute atomic E-state index is 13.1. The highest BCUT2D eigenvalue weighted by molar-refractivity contribution is 6.45. The fourth-order valence-electron chi connectivity index (χ4n) is 2.06. The largest absolute Gasteiger partial charge is 0.458 e. The predicted molar refractivity (Wildman–Crippen MR) is 71.0 cm³/mol. The summed E-state index contributed by atoms with van der Waals surface area (Å²) in [5.41, 5.74) is 0.392. The van der Waals surface area contributed by atoms with Crippen molar-refractivity contribution in [3.8, 4) is 0 Å². The van der Waals surface area contributed by atoms with Crippen LogP contribution in [0.1, 0.15) is 33.3 Å². The summed E-state index contributed by atoms with van der Waals surface area (Å²) < 4.78 is 24.9. The molecular formula is C14H20BFO2. The molecular weight excluding hydrogens is 230 g/mol. The molecule has 98 valence electrons. The van der Waals surface area contributed by atoms with Crippen molar-refractivity contribution in [1.82, 2.24) is 0 Å². The van der Waals surface area contributed by atoms with Crippen molar-refractivity contribution in [3.63, 3.8) is 0 Å². The Kier molecular flexibility index (Phi) is 3.52. The van der Waals surface area contributed by atoms with E-state index in [1.54, 1.807) is 12.1 Å². The second-order valence-corrected chi connectivity index (χ2v) is 5.85. The molecule has 1 aromatic carbocycles. The first kappa shape index (κ1) is 13.6. The van der Waals surface area contributed by atoms with Gasteiger partial charge in [-0.3, -0.25) is 0 Å². The van der Waals surface area contributed by atoms with Gasteiger partial charge >= 0.3 is 7.12 Å². The highest BCUT2D eigenvalue weighted by Gasteiger charge is 2.50. The van der Waals surface area contributed by atoms with Crippen LogP contribution in [0.5, 0.6) is 0 Å². The molecule has 0 aliphatic carbocycles. The Labute approximate surface area is 109 Å². The molecule has 1 saturated heterocycles. The molecule has 1 aromatic rings. The van der Waals surface area contributed by atoms with E-state index in [4.69, 9.17) is 9.31 Å². The van der Waals surface area contributed by atoms with Crippen LogP contribution in [0.25, 0.3) is 0 Å². The molecule has 0 unspecified atom stereocenters. The van der Waals surface area contributed by atoms with Crippen LogP contribution in [0.3, 0.4) is 0 Å². The first-order chi connectivity index (χ1) is 8.30. The second kappa shape index (κ2) is 4.67. The van der Waals surface area contributed by atoms with Crippen LogP contribution in [0.15, 0.2) is 24.3 Å². The average Bonchev–Trinajstić information content (AvgIpc) is 2.45. The lowest BCUT2D eigenvalue weighted by Gasteiger charge is -2.32. The Balaban J connectivity index is 1.93. The Morgan fingerprint density at radius 2 is 1.72 bits per heavy atom. The topological polar surface area (TPSA) is 18.5 Å². The summed E-state index contributed by atoms with van der Waals surface area (Å²) in [4.78, 5) is 0. The lowest BCUT2D eigenvalue weighted by atomic mass is 9.81. The van der Waals surface area contributed by atoms with E-state index in [-0.39, 0.29) is 24.1 Å². The SMILES string of the molecule is CC1(C)OB(CCc2cccc(F)c2)OC1(C)C. The molecule has 0 atom stereocenters. The zero-order valence-corrected chi connectivity index (χ0v) is 11.5. The van der Waals surface area contributed by atoms with Crippen LogP contribution in [0.4, 0.5) is 4.39 Å². The minimum absolute atomic E-state index is 0.193. The predicted octanol–water partition coefficient (Wildman–Crippen LogP) is 3.46. The first-order valence-electron chi connectivity index (χ1n) is 6.40. The van der Waals surface area contributed by atoms with E-state index >= 15 is 0 Å². The van der Waals surface area contributed by atoms with E-state index < -0.39 is 0 Å². The molecule has 18 heavy (non-hydrogen) atoms. The number of hydrogen-bond acceptors (Lipinski definition) is 2. The van der Waals surface area contributed by atoms with Gasteiger partial charge in [0, 0.05) is 0 Å². The van der Waals surface area contributed by atoms with E-state index in [1.807, 2.05) is 33.8 Å². The monoisotopic (exact) mass is 250 g/mol. The number of hydrogen-bond donors (Lipinski definition) is 0. The van der Waals surface area contributed by atoms with Gasteiger partial charge < -0.3 is 9.31 Å². The van der Waals surface area contributed by atoms with E-state index in [9.17, 15) is 4.39 Å². The summed E-state index contributed by atoms with van der Waals surface area (Å²) in [6.07, 6.45) is 1.50. The fraction of sp³-hybridized carbons (Fsp3) is 0.571. The zero-order valence-electron chi connectivity index (χ0n) is 11.5. The van der Waals surface area contributed by atoms with Gasteiger partial charge in [-0.1, -0.05) is 12.1 Å². The standard InChI is InChI=1S/C14H20BFO2/c1-13(2)14(3,4)18-15(17-13)9-8-11-6-5-7-12(16)10-11/h5-7,10H,8-9H2,1-4H3. The second-order valence-electron chi connectivity index (χ2n) is 5.85. The molecule has 0 saturated carbocycles. The van der Waals surface area contributed by atoms with Gasteiger partial charge in [0.2, 0.25) is 0 Å². The normalized spacial score (nSPS) is 21.3. The number of aryl methyl sites for hydroxylation is 1. The van der Waals surface area contributed by atoms with Crippen LogP contribution in [-0.2, 0) is 15.7 Å². The van der Waals surface area contributed by atoms with Gasteiger partial charge in [-0.05, 0) is 58.1 Å². The van der Waals surface area contributed by atoms with Crippen molar-refractivity contribution in [3.05, 3.63) is 35.6 Å². The molecule has 2 nitrogen and oxygen atoms in total. The van der Waals surface area contributed by atoms with E-state index in [0.29, 0.717) is 0 Å². The molecule has 0 bridgehead atoms. The highest BCUT2D eigenvalue weighted by Crippen LogP contribution is 2.37. The van der Waals surface area contributed by atoms with Crippen LogP contribution in [-0.4, -0.2) is 18.3 Å². The van der Waals surface area contributed by atoms with Crippen molar-refractivity contribution >= 4 is 7.12 Å². The third-order valence-electron chi connectivity index (χ3n) is 3.86. The molecule has 1 fully saturated rings. The van der Waals surface area contributed by atoms with Crippen molar-refractivity contribution in [2.75, 3.05) is 0 Å². The molecule has 0 amide bonds. The van der Waals surface area contributed by atoms with E-state index in [1.165, 1.54) is 6.07 Å². The zero-order chi connectivity index (χ0) is 13.4. The first-order valence-corrected chi connectivity index (χ1v) is 6.40. The minimum atomic E-state index is -0.292.